The number of rotatable bonds is 4. The second kappa shape index (κ2) is 5.31. The van der Waals surface area contributed by atoms with E-state index in [1.54, 1.807) is 0 Å². The van der Waals surface area contributed by atoms with Crippen LogP contribution in [0, 0.1) is 17.8 Å². The van der Waals surface area contributed by atoms with Crippen LogP contribution in [0.2, 0.25) is 0 Å². The van der Waals surface area contributed by atoms with E-state index >= 15 is 0 Å². The molecule has 4 atom stereocenters. The van der Waals surface area contributed by atoms with Crippen LogP contribution in [0.1, 0.15) is 59.8 Å². The molecule has 0 aromatic carbocycles. The Bertz CT molecular complexity index is 193. The maximum atomic E-state index is 9.21. The summed E-state index contributed by atoms with van der Waals surface area (Å²) in [6.45, 7) is 8.78. The van der Waals surface area contributed by atoms with E-state index in [-0.39, 0.29) is 5.60 Å². The topological polar surface area (TPSA) is 29.5 Å². The molecule has 0 bridgehead atoms. The lowest BCUT2D eigenvalue weighted by atomic mass is 9.64. The van der Waals surface area contributed by atoms with E-state index < -0.39 is 0 Å². The highest BCUT2D eigenvalue weighted by atomic mass is 17.1. The molecule has 0 aromatic heterocycles. The molecule has 0 aromatic rings. The minimum absolute atomic E-state index is 0.327. The summed E-state index contributed by atoms with van der Waals surface area (Å²) in [4.78, 5) is 4.87. The molecular weight excluding hydrogens is 188 g/mol. The molecular formula is C13H26O2. The molecule has 0 spiro atoms. The first-order chi connectivity index (χ1) is 7.06. The predicted octanol–water partition coefficient (Wildman–Crippen LogP) is 4.11. The van der Waals surface area contributed by atoms with Crippen LogP contribution in [0.15, 0.2) is 0 Å². The van der Waals surface area contributed by atoms with Gasteiger partial charge in [-0.25, -0.2) is 4.89 Å². The molecule has 15 heavy (non-hydrogen) atoms. The van der Waals surface area contributed by atoms with Crippen LogP contribution in [0.25, 0.3) is 0 Å². The fourth-order valence-corrected chi connectivity index (χ4v) is 3.08. The Labute approximate surface area is 93.9 Å². The van der Waals surface area contributed by atoms with E-state index in [1.165, 1.54) is 32.1 Å². The van der Waals surface area contributed by atoms with Crippen molar-refractivity contribution in [2.24, 2.45) is 17.8 Å². The van der Waals surface area contributed by atoms with Gasteiger partial charge in [-0.1, -0.05) is 33.6 Å². The van der Waals surface area contributed by atoms with Crippen molar-refractivity contribution in [2.75, 3.05) is 0 Å². The predicted molar refractivity (Wildman–Crippen MR) is 62.7 cm³/mol. The van der Waals surface area contributed by atoms with Crippen LogP contribution in [0.4, 0.5) is 0 Å². The second-order valence-corrected chi connectivity index (χ2v) is 5.48. The van der Waals surface area contributed by atoms with Crippen LogP contribution >= 0.6 is 0 Å². The van der Waals surface area contributed by atoms with Crippen LogP contribution < -0.4 is 0 Å². The molecule has 0 aliphatic heterocycles. The maximum absolute atomic E-state index is 9.21. The van der Waals surface area contributed by atoms with E-state index in [9.17, 15) is 5.26 Å². The van der Waals surface area contributed by atoms with Gasteiger partial charge in [-0.05, 0) is 43.9 Å². The Morgan fingerprint density at radius 3 is 2.53 bits per heavy atom. The van der Waals surface area contributed by atoms with E-state index in [0.717, 1.165) is 0 Å². The average molecular weight is 214 g/mol. The molecule has 1 aliphatic rings. The largest absolute Gasteiger partial charge is 0.251 e. The molecule has 1 saturated carbocycles. The van der Waals surface area contributed by atoms with E-state index in [4.69, 9.17) is 4.89 Å². The van der Waals surface area contributed by atoms with E-state index in [2.05, 4.69) is 27.7 Å². The lowest BCUT2D eigenvalue weighted by Crippen LogP contribution is -2.49. The van der Waals surface area contributed by atoms with Gasteiger partial charge in [0, 0.05) is 0 Å². The van der Waals surface area contributed by atoms with Gasteiger partial charge >= 0.3 is 0 Å². The highest BCUT2D eigenvalue weighted by molar-refractivity contribution is 4.94. The number of hydrogen-bond acceptors (Lipinski definition) is 2. The zero-order valence-electron chi connectivity index (χ0n) is 10.6. The van der Waals surface area contributed by atoms with Gasteiger partial charge in [0.25, 0.3) is 0 Å². The molecule has 1 rings (SSSR count). The summed E-state index contributed by atoms with van der Waals surface area (Å²) >= 11 is 0. The zero-order chi connectivity index (χ0) is 11.5. The first kappa shape index (κ1) is 13.0. The summed E-state index contributed by atoms with van der Waals surface area (Å²) in [5.74, 6) is 1.64. The van der Waals surface area contributed by atoms with Crippen molar-refractivity contribution in [1.82, 2.24) is 0 Å². The highest BCUT2D eigenvalue weighted by Gasteiger charge is 2.46. The Morgan fingerprint density at radius 2 is 2.00 bits per heavy atom. The summed E-state index contributed by atoms with van der Waals surface area (Å²) in [7, 11) is 0. The quantitative estimate of drug-likeness (QED) is 0.564. The number of unbranched alkanes of at least 4 members (excludes halogenated alkanes) is 1. The van der Waals surface area contributed by atoms with Gasteiger partial charge in [-0.2, -0.15) is 0 Å². The van der Waals surface area contributed by atoms with Gasteiger partial charge in [-0.15, -0.1) is 0 Å². The van der Waals surface area contributed by atoms with Crippen molar-refractivity contribution in [3.63, 3.8) is 0 Å². The fraction of sp³-hybridized carbons (Fsp3) is 1.00. The molecule has 2 nitrogen and oxygen atoms in total. The second-order valence-electron chi connectivity index (χ2n) is 5.48. The molecule has 1 fully saturated rings. The monoisotopic (exact) mass is 214 g/mol. The van der Waals surface area contributed by atoms with Crippen LogP contribution in [0.5, 0.6) is 0 Å². The van der Waals surface area contributed by atoms with Gasteiger partial charge in [0.15, 0.2) is 0 Å². The smallest absolute Gasteiger partial charge is 0.106 e. The molecule has 0 saturated heterocycles. The maximum Gasteiger partial charge on any atom is 0.106 e. The molecule has 90 valence electrons. The van der Waals surface area contributed by atoms with Crippen molar-refractivity contribution in [1.29, 1.82) is 0 Å². The number of hydrogen-bond donors (Lipinski definition) is 1. The SMILES string of the molecule is CCCCC1C(C)CCC(C)C1(C)OO. The van der Waals surface area contributed by atoms with Gasteiger partial charge in [0.2, 0.25) is 0 Å². The summed E-state index contributed by atoms with van der Waals surface area (Å²) < 4.78 is 0. The Balaban J connectivity index is 2.74. The Kier molecular flexibility index (Phi) is 4.60. The average Bonchev–Trinajstić information content (AvgIpc) is 2.24. The molecule has 2 heteroatoms. The third kappa shape index (κ3) is 2.54. The summed E-state index contributed by atoms with van der Waals surface area (Å²) in [5.41, 5.74) is -0.327. The lowest BCUT2D eigenvalue weighted by molar-refractivity contribution is -0.356. The van der Waals surface area contributed by atoms with E-state index in [0.29, 0.717) is 17.8 Å². The third-order valence-electron chi connectivity index (χ3n) is 4.52. The molecule has 4 unspecified atom stereocenters. The Hall–Kier alpha value is -0.0800. The van der Waals surface area contributed by atoms with Gasteiger partial charge in [-0.3, -0.25) is 5.26 Å². The molecule has 0 heterocycles. The normalized spacial score (nSPS) is 41.8. The standard InChI is InChI=1S/C13H26O2/c1-5-6-7-12-10(2)8-9-11(3)13(12,4)15-14/h10-12,14H,5-9H2,1-4H3. The van der Waals surface area contributed by atoms with Crippen LogP contribution in [-0.4, -0.2) is 10.9 Å². The van der Waals surface area contributed by atoms with Crippen molar-refractivity contribution in [3.05, 3.63) is 0 Å². The van der Waals surface area contributed by atoms with Crippen molar-refractivity contribution >= 4 is 0 Å². The first-order valence-corrected chi connectivity index (χ1v) is 6.38. The van der Waals surface area contributed by atoms with Crippen molar-refractivity contribution < 1.29 is 10.1 Å². The third-order valence-corrected chi connectivity index (χ3v) is 4.52. The Morgan fingerprint density at radius 1 is 1.33 bits per heavy atom. The first-order valence-electron chi connectivity index (χ1n) is 6.38. The minimum atomic E-state index is -0.327. The van der Waals surface area contributed by atoms with Gasteiger partial charge in [0.05, 0.1) is 0 Å². The summed E-state index contributed by atoms with van der Waals surface area (Å²) in [5, 5.41) is 9.21. The zero-order valence-corrected chi connectivity index (χ0v) is 10.6. The molecule has 1 aliphatic carbocycles. The molecule has 1 N–H and O–H groups in total. The van der Waals surface area contributed by atoms with Crippen molar-refractivity contribution in [3.8, 4) is 0 Å². The highest BCUT2D eigenvalue weighted by Crippen LogP contribution is 2.45. The summed E-state index contributed by atoms with van der Waals surface area (Å²) in [6, 6.07) is 0. The molecule has 0 radical (unpaired) electrons. The van der Waals surface area contributed by atoms with Crippen LogP contribution in [0.3, 0.4) is 0 Å². The van der Waals surface area contributed by atoms with E-state index in [1.807, 2.05) is 0 Å². The minimum Gasteiger partial charge on any atom is -0.251 e. The van der Waals surface area contributed by atoms with Crippen molar-refractivity contribution in [2.45, 2.75) is 65.4 Å². The fourth-order valence-electron chi connectivity index (χ4n) is 3.08. The van der Waals surface area contributed by atoms with Crippen LogP contribution in [-0.2, 0) is 4.89 Å². The summed E-state index contributed by atoms with van der Waals surface area (Å²) in [6.07, 6.45) is 6.08. The van der Waals surface area contributed by atoms with Gasteiger partial charge in [0.1, 0.15) is 5.60 Å². The molecule has 0 amide bonds. The lowest BCUT2D eigenvalue weighted by Gasteiger charge is -2.47. The van der Waals surface area contributed by atoms with Gasteiger partial charge < -0.3 is 0 Å².